The molecule has 0 spiro atoms. The van der Waals surface area contributed by atoms with Crippen LogP contribution in [0.4, 0.5) is 0 Å². The van der Waals surface area contributed by atoms with Crippen LogP contribution in [0.25, 0.3) is 5.95 Å². The zero-order valence-electron chi connectivity index (χ0n) is 18.1. The normalized spacial score (nSPS) is 13.5. The maximum atomic E-state index is 12.4. The van der Waals surface area contributed by atoms with Crippen molar-refractivity contribution in [1.82, 2.24) is 34.9 Å². The van der Waals surface area contributed by atoms with Crippen molar-refractivity contribution in [3.8, 4) is 5.95 Å². The van der Waals surface area contributed by atoms with Crippen LogP contribution in [0.5, 0.6) is 0 Å². The highest BCUT2D eigenvalue weighted by Gasteiger charge is 2.19. The van der Waals surface area contributed by atoms with E-state index in [4.69, 9.17) is 5.84 Å². The van der Waals surface area contributed by atoms with Crippen molar-refractivity contribution in [1.29, 1.82) is 0 Å². The lowest BCUT2D eigenvalue weighted by Gasteiger charge is -2.15. The first-order chi connectivity index (χ1) is 15.4. The van der Waals surface area contributed by atoms with E-state index in [1.54, 1.807) is 4.68 Å². The Balaban J connectivity index is 1.27. The summed E-state index contributed by atoms with van der Waals surface area (Å²) >= 11 is 1.20. The molecule has 4 rings (SSSR count). The van der Waals surface area contributed by atoms with E-state index < -0.39 is 0 Å². The van der Waals surface area contributed by atoms with E-state index >= 15 is 0 Å². The van der Waals surface area contributed by atoms with Gasteiger partial charge in [0.05, 0.1) is 11.4 Å². The van der Waals surface area contributed by atoms with Gasteiger partial charge >= 0.3 is 0 Å². The summed E-state index contributed by atoms with van der Waals surface area (Å²) < 4.78 is 2.94. The quantitative estimate of drug-likeness (QED) is 0.409. The van der Waals surface area contributed by atoms with Gasteiger partial charge in [0.25, 0.3) is 11.9 Å². The molecule has 1 aromatic carbocycles. The summed E-state index contributed by atoms with van der Waals surface area (Å²) in [6, 6.07) is 9.29. The van der Waals surface area contributed by atoms with Crippen LogP contribution in [-0.2, 0) is 11.3 Å². The third-order valence-corrected chi connectivity index (χ3v) is 6.20. The Hall–Kier alpha value is -3.34. The molecule has 1 fully saturated rings. The molecule has 3 aromatic rings. The van der Waals surface area contributed by atoms with Crippen LogP contribution < -0.4 is 11.2 Å². The lowest BCUT2D eigenvalue weighted by Crippen LogP contribution is -2.27. The van der Waals surface area contributed by atoms with Gasteiger partial charge in [0.1, 0.15) is 0 Å². The molecule has 11 heteroatoms. The Morgan fingerprint density at radius 3 is 2.50 bits per heavy atom. The molecule has 3 N–H and O–H groups in total. The fourth-order valence-corrected chi connectivity index (χ4v) is 4.27. The van der Waals surface area contributed by atoms with Crippen molar-refractivity contribution in [3.63, 3.8) is 0 Å². The second-order valence-electron chi connectivity index (χ2n) is 7.75. The van der Waals surface area contributed by atoms with Gasteiger partial charge in [-0.15, -0.1) is 10.2 Å². The van der Waals surface area contributed by atoms with E-state index in [1.807, 2.05) is 49.1 Å². The van der Waals surface area contributed by atoms with E-state index in [1.165, 1.54) is 16.4 Å². The number of hydrogen-bond acceptors (Lipinski definition) is 7. The minimum Gasteiger partial charge on any atom is -0.351 e. The molecule has 3 heterocycles. The highest BCUT2D eigenvalue weighted by atomic mass is 32.2. The molecule has 0 bridgehead atoms. The van der Waals surface area contributed by atoms with E-state index in [0.29, 0.717) is 23.2 Å². The van der Waals surface area contributed by atoms with Crippen LogP contribution in [0.1, 0.15) is 40.2 Å². The number of hydrogen-bond donors (Lipinski definition) is 2. The number of nitrogens with zero attached hydrogens (tertiary/aromatic N) is 6. The number of rotatable bonds is 7. The number of nitrogens with two attached hydrogens (primary N) is 1. The fraction of sp³-hybridized carbons (Fsp3) is 0.381. The van der Waals surface area contributed by atoms with Gasteiger partial charge in [-0.1, -0.05) is 23.9 Å². The lowest BCUT2D eigenvalue weighted by molar-refractivity contribution is -0.118. The molecule has 0 radical (unpaired) electrons. The number of aryl methyl sites for hydroxylation is 2. The Kier molecular flexibility index (Phi) is 6.45. The molecule has 2 aromatic heterocycles. The topological polar surface area (TPSA) is 124 Å². The average molecular weight is 455 g/mol. The van der Waals surface area contributed by atoms with Crippen LogP contribution >= 0.6 is 11.8 Å². The molecule has 2 amide bonds. The van der Waals surface area contributed by atoms with E-state index in [9.17, 15) is 9.59 Å². The molecule has 168 valence electrons. The van der Waals surface area contributed by atoms with Gasteiger partial charge in [0.15, 0.2) is 0 Å². The molecule has 32 heavy (non-hydrogen) atoms. The van der Waals surface area contributed by atoms with Crippen LogP contribution in [0.3, 0.4) is 0 Å². The van der Waals surface area contributed by atoms with Crippen LogP contribution in [0, 0.1) is 13.8 Å². The first-order valence-electron chi connectivity index (χ1n) is 10.4. The highest BCUT2D eigenvalue weighted by molar-refractivity contribution is 7.99. The molecule has 0 saturated carbocycles. The van der Waals surface area contributed by atoms with Crippen molar-refractivity contribution < 1.29 is 9.59 Å². The largest absolute Gasteiger partial charge is 0.351 e. The van der Waals surface area contributed by atoms with E-state index in [2.05, 4.69) is 20.6 Å². The molecular weight excluding hydrogens is 428 g/mol. The second kappa shape index (κ2) is 9.43. The van der Waals surface area contributed by atoms with Crippen molar-refractivity contribution >= 4 is 23.6 Å². The summed E-state index contributed by atoms with van der Waals surface area (Å²) in [4.78, 5) is 26.6. The maximum Gasteiger partial charge on any atom is 0.271 e. The molecule has 0 unspecified atom stereocenters. The molecule has 1 aliphatic rings. The van der Waals surface area contributed by atoms with Gasteiger partial charge in [-0.25, -0.2) is 9.36 Å². The standard InChI is InChI=1S/C21H26N8O2S/c1-14-11-15(2)29(26-14)20-24-25-21(28(20)22)32-13-18(30)23-12-16-5-7-17(8-6-16)19(31)27-9-3-4-10-27/h5-8,11H,3-4,9-10,12-13,22H2,1-2H3,(H,23,30). The number of benzene rings is 1. The minimum atomic E-state index is -0.150. The van der Waals surface area contributed by atoms with E-state index in [-0.39, 0.29) is 17.6 Å². The first kappa shape index (κ1) is 21.9. The van der Waals surface area contributed by atoms with Gasteiger partial charge in [0.2, 0.25) is 11.1 Å². The number of carbonyl (C=O) groups excluding carboxylic acids is 2. The Morgan fingerprint density at radius 1 is 1.12 bits per heavy atom. The summed E-state index contributed by atoms with van der Waals surface area (Å²) in [5, 5.41) is 15.8. The highest BCUT2D eigenvalue weighted by Crippen LogP contribution is 2.17. The molecule has 1 saturated heterocycles. The lowest BCUT2D eigenvalue weighted by atomic mass is 10.1. The summed E-state index contributed by atoms with van der Waals surface area (Å²) in [6.45, 7) is 5.83. The number of carbonyl (C=O) groups is 2. The fourth-order valence-electron chi connectivity index (χ4n) is 3.59. The number of thioether (sulfide) groups is 1. The predicted molar refractivity (Wildman–Crippen MR) is 121 cm³/mol. The summed E-state index contributed by atoms with van der Waals surface area (Å²) in [6.07, 6.45) is 2.14. The average Bonchev–Trinajstić information content (AvgIpc) is 3.51. The zero-order chi connectivity index (χ0) is 22.7. The second-order valence-corrected chi connectivity index (χ2v) is 8.70. The predicted octanol–water partition coefficient (Wildman–Crippen LogP) is 1.44. The van der Waals surface area contributed by atoms with Gasteiger partial charge < -0.3 is 16.1 Å². The maximum absolute atomic E-state index is 12.4. The van der Waals surface area contributed by atoms with Crippen molar-refractivity contribution in [2.45, 2.75) is 38.4 Å². The molecule has 0 aliphatic carbocycles. The van der Waals surface area contributed by atoms with E-state index in [0.717, 1.165) is 42.9 Å². The Labute approximate surface area is 190 Å². The Morgan fingerprint density at radius 2 is 1.84 bits per heavy atom. The van der Waals surface area contributed by atoms with Gasteiger partial charge in [-0.2, -0.15) is 5.10 Å². The number of amides is 2. The SMILES string of the molecule is Cc1cc(C)n(-c2nnc(SCC(=O)NCc3ccc(C(=O)N4CCCC4)cc3)n2N)n1. The smallest absolute Gasteiger partial charge is 0.271 e. The summed E-state index contributed by atoms with van der Waals surface area (Å²) in [7, 11) is 0. The van der Waals surface area contributed by atoms with Gasteiger partial charge in [0, 0.05) is 30.9 Å². The van der Waals surface area contributed by atoms with Crippen LogP contribution in [0.15, 0.2) is 35.5 Å². The molecule has 10 nitrogen and oxygen atoms in total. The molecule has 0 atom stereocenters. The zero-order valence-corrected chi connectivity index (χ0v) is 18.9. The molecular formula is C21H26N8O2S. The van der Waals surface area contributed by atoms with Gasteiger partial charge in [-0.3, -0.25) is 9.59 Å². The van der Waals surface area contributed by atoms with Crippen molar-refractivity contribution in [2.24, 2.45) is 0 Å². The number of aromatic nitrogens is 5. The third kappa shape index (κ3) is 4.77. The Bertz CT molecular complexity index is 1120. The monoisotopic (exact) mass is 454 g/mol. The number of nitrogens with one attached hydrogen (secondary N) is 1. The molecule has 1 aliphatic heterocycles. The van der Waals surface area contributed by atoms with Crippen molar-refractivity contribution in [3.05, 3.63) is 52.8 Å². The number of likely N-dealkylation sites (tertiary alicyclic amines) is 1. The first-order valence-corrected chi connectivity index (χ1v) is 11.4. The van der Waals surface area contributed by atoms with Gasteiger partial charge in [-0.05, 0) is 50.5 Å². The van der Waals surface area contributed by atoms with Crippen molar-refractivity contribution in [2.75, 3.05) is 24.7 Å². The summed E-state index contributed by atoms with van der Waals surface area (Å²) in [5.41, 5.74) is 3.35. The number of nitrogen functional groups attached to an aromatic ring is 1. The minimum absolute atomic E-state index is 0.0696. The third-order valence-electron chi connectivity index (χ3n) is 5.26. The van der Waals surface area contributed by atoms with Crippen LogP contribution in [-0.4, -0.2) is 60.2 Å². The summed E-state index contributed by atoms with van der Waals surface area (Å²) in [5.74, 6) is 6.56. The van der Waals surface area contributed by atoms with Crippen LogP contribution in [0.2, 0.25) is 0 Å².